The third-order valence-corrected chi connectivity index (χ3v) is 4.78. The zero-order valence-electron chi connectivity index (χ0n) is 12.7. The van der Waals surface area contributed by atoms with Crippen LogP contribution in [0.25, 0.3) is 0 Å². The van der Waals surface area contributed by atoms with Crippen molar-refractivity contribution in [2.45, 2.75) is 64.1 Å². The second-order valence-electron chi connectivity index (χ2n) is 6.03. The molecule has 0 radical (unpaired) electrons. The molecule has 5 nitrogen and oxygen atoms in total. The molecule has 2 amide bonds. The molecule has 0 aromatic carbocycles. The fourth-order valence-corrected chi connectivity index (χ4v) is 3.41. The lowest BCUT2D eigenvalue weighted by Gasteiger charge is -2.45. The van der Waals surface area contributed by atoms with Crippen LogP contribution in [0.4, 0.5) is 0 Å². The second kappa shape index (κ2) is 6.57. The van der Waals surface area contributed by atoms with E-state index in [0.29, 0.717) is 0 Å². The maximum Gasteiger partial charge on any atom is 0.243 e. The summed E-state index contributed by atoms with van der Waals surface area (Å²) in [4.78, 5) is 26.4. The third-order valence-electron chi connectivity index (χ3n) is 4.78. The Morgan fingerprint density at radius 2 is 2.15 bits per heavy atom. The predicted octanol–water partition coefficient (Wildman–Crippen LogP) is 1.32. The van der Waals surface area contributed by atoms with Crippen LogP contribution >= 0.6 is 0 Å². The summed E-state index contributed by atoms with van der Waals surface area (Å²) < 4.78 is 5.46. The highest BCUT2D eigenvalue weighted by atomic mass is 16.5. The quantitative estimate of drug-likeness (QED) is 0.846. The lowest BCUT2D eigenvalue weighted by Crippen LogP contribution is -2.64. The van der Waals surface area contributed by atoms with E-state index in [1.165, 1.54) is 0 Å². The van der Waals surface area contributed by atoms with Crippen LogP contribution in [0.2, 0.25) is 0 Å². The van der Waals surface area contributed by atoms with Gasteiger partial charge in [-0.05, 0) is 31.6 Å². The summed E-state index contributed by atoms with van der Waals surface area (Å²) >= 11 is 0. The number of ether oxygens (including phenoxy) is 1. The molecule has 1 N–H and O–H groups in total. The lowest BCUT2D eigenvalue weighted by atomic mass is 9.87. The average Bonchev–Trinajstić information content (AvgIpc) is 2.48. The first-order valence-corrected chi connectivity index (χ1v) is 7.70. The molecule has 1 saturated carbocycles. The number of hydrogen-bond donors (Lipinski definition) is 1. The van der Waals surface area contributed by atoms with E-state index >= 15 is 0 Å². The normalized spacial score (nSPS) is 33.0. The smallest absolute Gasteiger partial charge is 0.243 e. The first-order chi connectivity index (χ1) is 9.58. The number of rotatable bonds is 4. The van der Waals surface area contributed by atoms with Crippen LogP contribution in [0.3, 0.4) is 0 Å². The van der Waals surface area contributed by atoms with E-state index in [1.807, 2.05) is 11.8 Å². The van der Waals surface area contributed by atoms with Crippen molar-refractivity contribution in [1.29, 1.82) is 0 Å². The number of hydrogen-bond acceptors (Lipinski definition) is 3. The Morgan fingerprint density at radius 3 is 2.80 bits per heavy atom. The summed E-state index contributed by atoms with van der Waals surface area (Å²) in [7, 11) is 1.73. The highest BCUT2D eigenvalue weighted by Gasteiger charge is 2.42. The van der Waals surface area contributed by atoms with Gasteiger partial charge in [-0.2, -0.15) is 0 Å². The molecular formula is C15H26N2O3. The molecule has 1 saturated heterocycles. The zero-order valence-corrected chi connectivity index (χ0v) is 12.7. The Balaban J connectivity index is 2.19. The lowest BCUT2D eigenvalue weighted by molar-refractivity contribution is -0.152. The summed E-state index contributed by atoms with van der Waals surface area (Å²) in [5.41, 5.74) is 0. The summed E-state index contributed by atoms with van der Waals surface area (Å²) in [5, 5.41) is 2.73. The topological polar surface area (TPSA) is 58.6 Å². The van der Waals surface area contributed by atoms with E-state index in [0.717, 1.165) is 32.1 Å². The summed E-state index contributed by atoms with van der Waals surface area (Å²) in [5.74, 6) is 0.234. The van der Waals surface area contributed by atoms with Crippen molar-refractivity contribution in [2.24, 2.45) is 5.92 Å². The fraction of sp³-hybridized carbons (Fsp3) is 0.867. The Hall–Kier alpha value is -1.10. The summed E-state index contributed by atoms with van der Waals surface area (Å²) in [6.45, 7) is 4.25. The van der Waals surface area contributed by atoms with Crippen molar-refractivity contribution >= 4 is 11.8 Å². The molecule has 0 aromatic rings. The van der Waals surface area contributed by atoms with E-state index < -0.39 is 0 Å². The Kier molecular flexibility index (Phi) is 5.02. The largest absolute Gasteiger partial charge is 0.381 e. The van der Waals surface area contributed by atoms with Crippen LogP contribution in [-0.4, -0.2) is 48.6 Å². The predicted molar refractivity (Wildman–Crippen MR) is 76.2 cm³/mol. The van der Waals surface area contributed by atoms with Gasteiger partial charge in [0.05, 0.1) is 12.6 Å². The Morgan fingerprint density at radius 1 is 1.40 bits per heavy atom. The van der Waals surface area contributed by atoms with Gasteiger partial charge < -0.3 is 15.0 Å². The summed E-state index contributed by atoms with van der Waals surface area (Å²) in [6, 6.07) is -0.173. The molecule has 1 heterocycles. The molecule has 0 bridgehead atoms. The van der Waals surface area contributed by atoms with Crippen molar-refractivity contribution in [3.63, 3.8) is 0 Å². The van der Waals surface area contributed by atoms with Gasteiger partial charge in [0, 0.05) is 13.2 Å². The fourth-order valence-electron chi connectivity index (χ4n) is 3.41. The number of carbonyl (C=O) groups excluding carboxylic acids is 2. The van der Waals surface area contributed by atoms with E-state index in [1.54, 1.807) is 7.11 Å². The van der Waals surface area contributed by atoms with E-state index in [2.05, 4.69) is 12.2 Å². The maximum absolute atomic E-state index is 12.3. The van der Waals surface area contributed by atoms with E-state index in [9.17, 15) is 9.59 Å². The molecular weight excluding hydrogens is 256 g/mol. The minimum Gasteiger partial charge on any atom is -0.381 e. The number of piperazine rings is 1. The van der Waals surface area contributed by atoms with Gasteiger partial charge in [0.2, 0.25) is 11.8 Å². The number of carbonyl (C=O) groups is 2. The number of amides is 2. The Labute approximate surface area is 121 Å². The van der Waals surface area contributed by atoms with Crippen LogP contribution in [0.5, 0.6) is 0 Å². The molecule has 2 rings (SSSR count). The van der Waals surface area contributed by atoms with Gasteiger partial charge in [0.1, 0.15) is 6.04 Å². The molecule has 20 heavy (non-hydrogen) atoms. The molecule has 1 aliphatic carbocycles. The van der Waals surface area contributed by atoms with Gasteiger partial charge >= 0.3 is 0 Å². The highest BCUT2D eigenvalue weighted by Crippen LogP contribution is 2.30. The van der Waals surface area contributed by atoms with E-state index in [4.69, 9.17) is 4.74 Å². The monoisotopic (exact) mass is 282 g/mol. The van der Waals surface area contributed by atoms with Crippen molar-refractivity contribution in [2.75, 3.05) is 13.7 Å². The second-order valence-corrected chi connectivity index (χ2v) is 6.03. The van der Waals surface area contributed by atoms with Crippen LogP contribution in [0.15, 0.2) is 0 Å². The molecule has 0 aromatic heterocycles. The molecule has 114 valence electrons. The van der Waals surface area contributed by atoms with Crippen molar-refractivity contribution in [1.82, 2.24) is 10.2 Å². The molecule has 5 heteroatoms. The summed E-state index contributed by atoms with van der Waals surface area (Å²) in [6.07, 6.45) is 5.04. The molecule has 4 atom stereocenters. The molecule has 1 aliphatic heterocycles. The van der Waals surface area contributed by atoms with Crippen LogP contribution in [0.1, 0.15) is 46.0 Å². The Bertz CT molecular complexity index is 372. The minimum atomic E-state index is -0.318. The number of nitrogens with zero attached hydrogens (tertiary/aromatic N) is 1. The van der Waals surface area contributed by atoms with Gasteiger partial charge in [-0.1, -0.05) is 20.3 Å². The van der Waals surface area contributed by atoms with E-state index in [-0.39, 0.29) is 42.5 Å². The molecule has 2 aliphatic rings. The average molecular weight is 282 g/mol. The van der Waals surface area contributed by atoms with Crippen LogP contribution in [0, 0.1) is 5.92 Å². The minimum absolute atomic E-state index is 0.00140. The molecule has 2 fully saturated rings. The van der Waals surface area contributed by atoms with Crippen molar-refractivity contribution in [3.8, 4) is 0 Å². The third kappa shape index (κ3) is 2.97. The van der Waals surface area contributed by atoms with Gasteiger partial charge in [0.15, 0.2) is 0 Å². The molecule has 0 spiro atoms. The highest BCUT2D eigenvalue weighted by molar-refractivity contribution is 5.95. The van der Waals surface area contributed by atoms with Crippen molar-refractivity contribution < 1.29 is 14.3 Å². The number of methoxy groups -OCH3 is 1. The standard InChI is InChI=1S/C15H26N2O3/c1-4-10(2)14-15(19)16-9-13(18)17(14)11-6-5-7-12(8-11)20-3/h10-12,14H,4-9H2,1-3H3,(H,16,19). The van der Waals surface area contributed by atoms with Crippen LogP contribution < -0.4 is 5.32 Å². The van der Waals surface area contributed by atoms with Gasteiger partial charge in [-0.15, -0.1) is 0 Å². The first kappa shape index (κ1) is 15.3. The zero-order chi connectivity index (χ0) is 14.7. The molecule has 4 unspecified atom stereocenters. The van der Waals surface area contributed by atoms with Crippen molar-refractivity contribution in [3.05, 3.63) is 0 Å². The van der Waals surface area contributed by atoms with Gasteiger partial charge in [0.25, 0.3) is 0 Å². The van der Waals surface area contributed by atoms with Crippen LogP contribution in [-0.2, 0) is 14.3 Å². The van der Waals surface area contributed by atoms with Gasteiger partial charge in [-0.25, -0.2) is 0 Å². The number of nitrogens with one attached hydrogen (secondary N) is 1. The van der Waals surface area contributed by atoms with Gasteiger partial charge in [-0.3, -0.25) is 9.59 Å². The SMILES string of the molecule is CCC(C)C1C(=O)NCC(=O)N1C1CCCC(OC)C1. The maximum atomic E-state index is 12.3. The first-order valence-electron chi connectivity index (χ1n) is 7.70.